The van der Waals surface area contributed by atoms with Crippen LogP contribution in [0.4, 0.5) is 0 Å². The fourth-order valence-electron chi connectivity index (χ4n) is 3.30. The number of aromatic nitrogens is 1. The molecule has 3 rings (SSSR count). The SMILES string of the molecule is COC(=O)Cn1c(=NC(=O)c2cc(OC)c(OC)c(OC)c2)sc2c(C)cc(C)cc21. The number of thiazole rings is 1. The lowest BCUT2D eigenvalue weighted by atomic mass is 10.1. The first-order valence-corrected chi connectivity index (χ1v) is 10.2. The summed E-state index contributed by atoms with van der Waals surface area (Å²) in [5, 5.41) is 0. The number of hydrogen-bond donors (Lipinski definition) is 0. The van der Waals surface area contributed by atoms with Crippen molar-refractivity contribution in [2.45, 2.75) is 20.4 Å². The molecule has 0 aliphatic rings. The van der Waals surface area contributed by atoms with Crippen molar-refractivity contribution in [1.82, 2.24) is 4.57 Å². The highest BCUT2D eigenvalue weighted by molar-refractivity contribution is 7.16. The van der Waals surface area contributed by atoms with E-state index in [-0.39, 0.29) is 12.1 Å². The lowest BCUT2D eigenvalue weighted by Gasteiger charge is -2.12. The smallest absolute Gasteiger partial charge is 0.325 e. The van der Waals surface area contributed by atoms with Gasteiger partial charge in [-0.15, -0.1) is 0 Å². The molecule has 164 valence electrons. The number of benzene rings is 2. The molecule has 31 heavy (non-hydrogen) atoms. The molecule has 0 fully saturated rings. The highest BCUT2D eigenvalue weighted by Crippen LogP contribution is 2.38. The average Bonchev–Trinajstić information content (AvgIpc) is 3.09. The van der Waals surface area contributed by atoms with Crippen LogP contribution in [0.15, 0.2) is 29.3 Å². The normalized spacial score (nSPS) is 11.5. The molecule has 0 bridgehead atoms. The van der Waals surface area contributed by atoms with E-state index < -0.39 is 11.9 Å². The number of hydrogen-bond acceptors (Lipinski definition) is 7. The number of fused-ring (bicyclic) bond motifs is 1. The van der Waals surface area contributed by atoms with Gasteiger partial charge in [-0.25, -0.2) is 0 Å². The molecule has 0 unspecified atom stereocenters. The quantitative estimate of drug-likeness (QED) is 0.543. The summed E-state index contributed by atoms with van der Waals surface area (Å²) < 4.78 is 23.4. The zero-order valence-electron chi connectivity index (χ0n) is 18.3. The molecule has 1 aromatic heterocycles. The van der Waals surface area contributed by atoms with Crippen molar-refractivity contribution in [2.75, 3.05) is 28.4 Å². The van der Waals surface area contributed by atoms with Gasteiger partial charge in [0.2, 0.25) is 5.75 Å². The number of amides is 1. The Balaban J connectivity index is 2.20. The Labute approximate surface area is 183 Å². The standard InChI is InChI=1S/C22H24N2O6S/c1-12-7-13(2)20-15(8-12)24(11-18(25)29-5)22(31-20)23-21(26)14-9-16(27-3)19(30-6)17(10-14)28-4/h7-10H,11H2,1-6H3. The van der Waals surface area contributed by atoms with Crippen molar-refractivity contribution in [3.05, 3.63) is 45.8 Å². The second-order valence-electron chi connectivity index (χ2n) is 6.81. The molecule has 0 saturated carbocycles. The van der Waals surface area contributed by atoms with E-state index >= 15 is 0 Å². The van der Waals surface area contributed by atoms with Gasteiger partial charge in [-0.3, -0.25) is 9.59 Å². The van der Waals surface area contributed by atoms with Crippen molar-refractivity contribution >= 4 is 33.4 Å². The first-order valence-electron chi connectivity index (χ1n) is 9.39. The Morgan fingerprint density at radius 1 is 0.968 bits per heavy atom. The van der Waals surface area contributed by atoms with Crippen LogP contribution in [-0.4, -0.2) is 44.9 Å². The van der Waals surface area contributed by atoms with Crippen LogP contribution in [0.3, 0.4) is 0 Å². The van der Waals surface area contributed by atoms with Crippen LogP contribution in [0.2, 0.25) is 0 Å². The van der Waals surface area contributed by atoms with E-state index in [0.29, 0.717) is 22.0 Å². The molecule has 0 saturated heterocycles. The number of ether oxygens (including phenoxy) is 4. The van der Waals surface area contributed by atoms with Crippen molar-refractivity contribution in [1.29, 1.82) is 0 Å². The topological polar surface area (TPSA) is 88.4 Å². The van der Waals surface area contributed by atoms with Gasteiger partial charge in [0, 0.05) is 5.56 Å². The van der Waals surface area contributed by atoms with E-state index in [2.05, 4.69) is 4.99 Å². The molecule has 9 heteroatoms. The number of aryl methyl sites for hydroxylation is 2. The Hall–Kier alpha value is -3.33. The number of methoxy groups -OCH3 is 4. The Kier molecular flexibility index (Phi) is 6.65. The van der Waals surface area contributed by atoms with Crippen LogP contribution in [-0.2, 0) is 16.1 Å². The summed E-state index contributed by atoms with van der Waals surface area (Å²) in [4.78, 5) is 29.8. The van der Waals surface area contributed by atoms with Crippen LogP contribution in [0.1, 0.15) is 21.5 Å². The first kappa shape index (κ1) is 22.4. The van der Waals surface area contributed by atoms with Gasteiger partial charge in [0.1, 0.15) is 6.54 Å². The van der Waals surface area contributed by atoms with E-state index in [4.69, 9.17) is 18.9 Å². The molecule has 0 N–H and O–H groups in total. The van der Waals surface area contributed by atoms with E-state index in [1.165, 1.54) is 39.8 Å². The third kappa shape index (κ3) is 4.41. The lowest BCUT2D eigenvalue weighted by Crippen LogP contribution is -2.22. The largest absolute Gasteiger partial charge is 0.493 e. The monoisotopic (exact) mass is 444 g/mol. The zero-order valence-corrected chi connectivity index (χ0v) is 19.1. The third-order valence-electron chi connectivity index (χ3n) is 4.74. The van der Waals surface area contributed by atoms with Crippen LogP contribution in [0, 0.1) is 13.8 Å². The van der Waals surface area contributed by atoms with E-state index in [1.54, 1.807) is 16.7 Å². The maximum Gasteiger partial charge on any atom is 0.325 e. The maximum absolute atomic E-state index is 13.0. The molecule has 1 amide bonds. The van der Waals surface area contributed by atoms with Gasteiger partial charge < -0.3 is 23.5 Å². The number of esters is 1. The van der Waals surface area contributed by atoms with E-state index in [1.807, 2.05) is 26.0 Å². The number of carbonyl (C=O) groups excluding carboxylic acids is 2. The molecule has 0 aliphatic heterocycles. The average molecular weight is 445 g/mol. The second kappa shape index (κ2) is 9.22. The highest BCUT2D eigenvalue weighted by Gasteiger charge is 2.18. The molecule has 1 heterocycles. The van der Waals surface area contributed by atoms with Gasteiger partial charge in [-0.05, 0) is 43.2 Å². The molecule has 0 aliphatic carbocycles. The van der Waals surface area contributed by atoms with Gasteiger partial charge >= 0.3 is 5.97 Å². The lowest BCUT2D eigenvalue weighted by molar-refractivity contribution is -0.141. The molecule has 3 aromatic rings. The Morgan fingerprint density at radius 2 is 1.61 bits per heavy atom. The van der Waals surface area contributed by atoms with Crippen LogP contribution in [0.25, 0.3) is 10.2 Å². The van der Waals surface area contributed by atoms with Crippen molar-refractivity contribution in [2.24, 2.45) is 4.99 Å². The minimum absolute atomic E-state index is 0.0548. The van der Waals surface area contributed by atoms with Gasteiger partial charge in [0.15, 0.2) is 16.3 Å². The second-order valence-corrected chi connectivity index (χ2v) is 7.79. The third-order valence-corrected chi connectivity index (χ3v) is 5.97. The maximum atomic E-state index is 13.0. The molecular formula is C22H24N2O6S. The summed E-state index contributed by atoms with van der Waals surface area (Å²) in [5.74, 6) is 0.158. The van der Waals surface area contributed by atoms with Crippen molar-refractivity contribution in [3.8, 4) is 17.2 Å². The molecule has 0 atom stereocenters. The summed E-state index contributed by atoms with van der Waals surface area (Å²) in [6, 6.07) is 7.10. The number of carbonyl (C=O) groups is 2. The fraction of sp³-hybridized carbons (Fsp3) is 0.318. The zero-order chi connectivity index (χ0) is 22.7. The molecular weight excluding hydrogens is 420 g/mol. The van der Waals surface area contributed by atoms with Crippen molar-refractivity contribution < 1.29 is 28.5 Å². The van der Waals surface area contributed by atoms with Crippen LogP contribution >= 0.6 is 11.3 Å². The van der Waals surface area contributed by atoms with E-state index in [9.17, 15) is 9.59 Å². The first-order chi connectivity index (χ1) is 14.8. The van der Waals surface area contributed by atoms with Gasteiger partial charge in [-0.2, -0.15) is 4.99 Å². The molecule has 0 radical (unpaired) electrons. The Morgan fingerprint density at radius 3 is 2.16 bits per heavy atom. The van der Waals surface area contributed by atoms with Crippen LogP contribution < -0.4 is 19.0 Å². The minimum Gasteiger partial charge on any atom is -0.493 e. The summed E-state index contributed by atoms with van der Waals surface area (Å²) >= 11 is 1.34. The number of rotatable bonds is 6. The predicted molar refractivity (Wildman–Crippen MR) is 117 cm³/mol. The van der Waals surface area contributed by atoms with Gasteiger partial charge in [-0.1, -0.05) is 17.4 Å². The Bertz CT molecular complexity index is 1200. The fourth-order valence-corrected chi connectivity index (χ4v) is 4.38. The molecule has 2 aromatic carbocycles. The van der Waals surface area contributed by atoms with E-state index in [0.717, 1.165) is 21.3 Å². The van der Waals surface area contributed by atoms with Gasteiger partial charge in [0.25, 0.3) is 5.91 Å². The summed E-state index contributed by atoms with van der Waals surface area (Å²) in [7, 11) is 5.77. The molecule has 8 nitrogen and oxygen atoms in total. The minimum atomic E-state index is -0.501. The summed E-state index contributed by atoms with van der Waals surface area (Å²) in [6.07, 6.45) is 0. The van der Waals surface area contributed by atoms with Crippen LogP contribution in [0.5, 0.6) is 17.2 Å². The highest BCUT2D eigenvalue weighted by atomic mass is 32.1. The van der Waals surface area contributed by atoms with Gasteiger partial charge in [0.05, 0.1) is 38.7 Å². The number of nitrogens with zero attached hydrogens (tertiary/aromatic N) is 2. The molecule has 0 spiro atoms. The van der Waals surface area contributed by atoms with Crippen molar-refractivity contribution in [3.63, 3.8) is 0 Å². The predicted octanol–water partition coefficient (Wildman–Crippen LogP) is 3.26. The summed E-state index contributed by atoms with van der Waals surface area (Å²) in [5.41, 5.74) is 3.18. The summed E-state index contributed by atoms with van der Waals surface area (Å²) in [6.45, 7) is 3.91.